The van der Waals surface area contributed by atoms with E-state index in [0.29, 0.717) is 24.4 Å². The minimum atomic E-state index is -4.36. The van der Waals surface area contributed by atoms with Crippen molar-refractivity contribution in [2.75, 3.05) is 6.61 Å². The number of benzene rings is 2. The molecule has 2 aromatic carbocycles. The smallest absolute Gasteiger partial charge is 0.416 e. The molecule has 168 valence electrons. The van der Waals surface area contributed by atoms with Crippen LogP contribution in [0.4, 0.5) is 13.2 Å². The molecule has 0 atom stereocenters. The lowest BCUT2D eigenvalue weighted by atomic mass is 10.1. The van der Waals surface area contributed by atoms with Crippen LogP contribution in [-0.2, 0) is 23.9 Å². The van der Waals surface area contributed by atoms with Crippen molar-refractivity contribution in [1.82, 2.24) is 9.88 Å². The Morgan fingerprint density at radius 3 is 2.41 bits per heavy atom. The van der Waals surface area contributed by atoms with E-state index in [-0.39, 0.29) is 18.4 Å². The quantitative estimate of drug-likeness (QED) is 0.417. The van der Waals surface area contributed by atoms with Crippen LogP contribution in [0.3, 0.4) is 0 Å². The summed E-state index contributed by atoms with van der Waals surface area (Å²) >= 11 is 1.48. The molecule has 1 heterocycles. The number of nitrogens with zero attached hydrogens (tertiary/aromatic N) is 2. The first kappa shape index (κ1) is 22.3. The zero-order valence-corrected chi connectivity index (χ0v) is 18.4. The van der Waals surface area contributed by atoms with Crippen LogP contribution in [0.25, 0.3) is 10.6 Å². The van der Waals surface area contributed by atoms with E-state index in [4.69, 9.17) is 4.74 Å². The summed E-state index contributed by atoms with van der Waals surface area (Å²) in [6.07, 6.45) is -2.36. The Morgan fingerprint density at radius 2 is 1.81 bits per heavy atom. The van der Waals surface area contributed by atoms with Crippen molar-refractivity contribution >= 4 is 17.2 Å². The lowest BCUT2D eigenvalue weighted by Crippen LogP contribution is -2.33. The van der Waals surface area contributed by atoms with Crippen molar-refractivity contribution in [3.05, 3.63) is 70.7 Å². The van der Waals surface area contributed by atoms with Crippen LogP contribution in [0, 0.1) is 0 Å². The first-order valence-electron chi connectivity index (χ1n) is 10.5. The maximum Gasteiger partial charge on any atom is 0.416 e. The van der Waals surface area contributed by atoms with Crippen LogP contribution in [0.5, 0.6) is 5.75 Å². The molecule has 0 saturated heterocycles. The minimum absolute atomic E-state index is 0.0593. The van der Waals surface area contributed by atoms with Crippen LogP contribution in [0.15, 0.2) is 53.9 Å². The van der Waals surface area contributed by atoms with Gasteiger partial charge in [-0.05, 0) is 61.7 Å². The van der Waals surface area contributed by atoms with E-state index < -0.39 is 11.7 Å². The molecule has 1 fully saturated rings. The lowest BCUT2D eigenvalue weighted by Gasteiger charge is -2.22. The molecular formula is C24H23F3N2O2S. The average Bonchev–Trinajstić information content (AvgIpc) is 3.50. The van der Waals surface area contributed by atoms with E-state index >= 15 is 0 Å². The van der Waals surface area contributed by atoms with Gasteiger partial charge in [0.1, 0.15) is 10.8 Å². The topological polar surface area (TPSA) is 42.4 Å². The summed E-state index contributed by atoms with van der Waals surface area (Å²) in [5.41, 5.74) is 1.66. The number of aromatic nitrogens is 1. The summed E-state index contributed by atoms with van der Waals surface area (Å²) in [6.45, 7) is 2.84. The van der Waals surface area contributed by atoms with Crippen molar-refractivity contribution in [2.45, 2.75) is 44.9 Å². The van der Waals surface area contributed by atoms with E-state index in [9.17, 15) is 18.0 Å². The molecule has 0 spiro atoms. The Bertz CT molecular complexity index is 1060. The number of carbonyl (C=O) groups is 1. The summed E-state index contributed by atoms with van der Waals surface area (Å²) < 4.78 is 43.8. The van der Waals surface area contributed by atoms with E-state index in [2.05, 4.69) is 4.98 Å². The van der Waals surface area contributed by atoms with Crippen molar-refractivity contribution in [3.8, 4) is 16.3 Å². The predicted molar refractivity (Wildman–Crippen MR) is 117 cm³/mol. The third kappa shape index (κ3) is 5.48. The first-order valence-corrected chi connectivity index (χ1v) is 11.3. The molecule has 1 aliphatic carbocycles. The molecule has 1 saturated carbocycles. The predicted octanol–water partition coefficient (Wildman–Crippen LogP) is 5.96. The van der Waals surface area contributed by atoms with Crippen molar-refractivity contribution in [3.63, 3.8) is 0 Å². The largest absolute Gasteiger partial charge is 0.494 e. The van der Waals surface area contributed by atoms with Gasteiger partial charge >= 0.3 is 6.18 Å². The van der Waals surface area contributed by atoms with Gasteiger partial charge < -0.3 is 9.64 Å². The van der Waals surface area contributed by atoms with Crippen molar-refractivity contribution < 1.29 is 22.7 Å². The maximum absolute atomic E-state index is 13.0. The summed E-state index contributed by atoms with van der Waals surface area (Å²) in [5, 5.41) is 2.71. The number of amides is 1. The molecule has 0 radical (unpaired) electrons. The Hall–Kier alpha value is -2.87. The molecule has 8 heteroatoms. The van der Waals surface area contributed by atoms with Crippen LogP contribution in [0.1, 0.15) is 36.6 Å². The number of alkyl halides is 3. The van der Waals surface area contributed by atoms with Crippen LogP contribution in [-0.4, -0.2) is 28.4 Å². The SMILES string of the molecule is CCOc1ccc(-c2nc(CC(=O)N(Cc3ccc(C(F)(F)F)cc3)C3CC3)cs2)cc1. The first-order chi connectivity index (χ1) is 15.3. The van der Waals surface area contributed by atoms with Gasteiger partial charge in [-0.15, -0.1) is 11.3 Å². The standard InChI is InChI=1S/C24H23F3N2O2S/c1-2-31-21-11-5-17(6-12-21)23-28-19(15-32-23)13-22(30)29(20-9-10-20)14-16-3-7-18(8-4-16)24(25,26)27/h3-8,11-12,15,20H,2,9-10,13-14H2,1H3. The van der Waals surface area contributed by atoms with Crippen LogP contribution >= 0.6 is 11.3 Å². The summed E-state index contributed by atoms with van der Waals surface area (Å²) in [4.78, 5) is 19.4. The van der Waals surface area contributed by atoms with Crippen molar-refractivity contribution in [1.29, 1.82) is 0 Å². The Labute approximate surface area is 188 Å². The highest BCUT2D eigenvalue weighted by Gasteiger charge is 2.33. The number of rotatable bonds is 8. The molecule has 1 amide bonds. The third-order valence-corrected chi connectivity index (χ3v) is 6.18. The molecular weight excluding hydrogens is 437 g/mol. The molecule has 0 bridgehead atoms. The zero-order valence-electron chi connectivity index (χ0n) is 17.6. The van der Waals surface area contributed by atoms with Crippen LogP contribution in [0.2, 0.25) is 0 Å². The number of hydrogen-bond acceptors (Lipinski definition) is 4. The highest BCUT2D eigenvalue weighted by molar-refractivity contribution is 7.13. The monoisotopic (exact) mass is 460 g/mol. The van der Waals surface area contributed by atoms with Gasteiger partial charge in [-0.1, -0.05) is 12.1 Å². The van der Waals surface area contributed by atoms with Gasteiger partial charge in [0.2, 0.25) is 5.91 Å². The van der Waals surface area contributed by atoms with Gasteiger partial charge in [-0.25, -0.2) is 4.98 Å². The fourth-order valence-corrected chi connectivity index (χ4v) is 4.27. The number of carbonyl (C=O) groups excluding carboxylic acids is 1. The highest BCUT2D eigenvalue weighted by atomic mass is 32.1. The van der Waals surface area contributed by atoms with Gasteiger partial charge in [-0.3, -0.25) is 4.79 Å². The van der Waals surface area contributed by atoms with Gasteiger partial charge in [0.15, 0.2) is 0 Å². The molecule has 1 aromatic heterocycles. The molecule has 4 nitrogen and oxygen atoms in total. The second-order valence-corrected chi connectivity index (χ2v) is 8.58. The van der Waals surface area contributed by atoms with Crippen molar-refractivity contribution in [2.24, 2.45) is 0 Å². The molecule has 0 aliphatic heterocycles. The van der Waals surface area contributed by atoms with E-state index in [0.717, 1.165) is 41.3 Å². The van der Waals surface area contributed by atoms with Crippen LogP contribution < -0.4 is 4.74 Å². The second-order valence-electron chi connectivity index (χ2n) is 7.73. The normalized spacial score (nSPS) is 13.8. The molecule has 3 aromatic rings. The number of hydrogen-bond donors (Lipinski definition) is 0. The highest BCUT2D eigenvalue weighted by Crippen LogP contribution is 2.32. The Balaban J connectivity index is 1.41. The Morgan fingerprint density at radius 1 is 1.12 bits per heavy atom. The molecule has 4 rings (SSSR count). The van der Waals surface area contributed by atoms with E-state index in [1.165, 1.54) is 23.5 Å². The van der Waals surface area contributed by atoms with E-state index in [1.807, 2.05) is 36.6 Å². The fourth-order valence-electron chi connectivity index (χ4n) is 3.44. The van der Waals surface area contributed by atoms with Gasteiger partial charge in [-0.2, -0.15) is 13.2 Å². The molecule has 1 aliphatic rings. The number of ether oxygens (including phenoxy) is 1. The Kier molecular flexibility index (Phi) is 6.50. The minimum Gasteiger partial charge on any atom is -0.494 e. The summed E-state index contributed by atoms with van der Waals surface area (Å²) in [5.74, 6) is 0.738. The summed E-state index contributed by atoms with van der Waals surface area (Å²) in [6, 6.07) is 12.8. The lowest BCUT2D eigenvalue weighted by molar-refractivity contribution is -0.137. The maximum atomic E-state index is 13.0. The molecule has 32 heavy (non-hydrogen) atoms. The van der Waals surface area contributed by atoms with Gasteiger partial charge in [0, 0.05) is 23.5 Å². The zero-order chi connectivity index (χ0) is 22.7. The molecule has 0 N–H and O–H groups in total. The third-order valence-electron chi connectivity index (χ3n) is 5.24. The number of thiazole rings is 1. The van der Waals surface area contributed by atoms with Gasteiger partial charge in [0.25, 0.3) is 0 Å². The fraction of sp³-hybridized carbons (Fsp3) is 0.333. The number of halogens is 3. The second kappa shape index (κ2) is 9.32. The van der Waals surface area contributed by atoms with E-state index in [1.54, 1.807) is 4.90 Å². The molecule has 0 unspecified atom stereocenters. The van der Waals surface area contributed by atoms with Gasteiger partial charge in [0.05, 0.1) is 24.3 Å². The average molecular weight is 461 g/mol. The summed E-state index contributed by atoms with van der Waals surface area (Å²) in [7, 11) is 0.